The first-order valence-corrected chi connectivity index (χ1v) is 10.7. The van der Waals surface area contributed by atoms with Gasteiger partial charge in [-0.3, -0.25) is 9.30 Å². The normalized spacial score (nSPS) is 13.2. The highest BCUT2D eigenvalue weighted by Gasteiger charge is 2.10. The van der Waals surface area contributed by atoms with E-state index < -0.39 is 0 Å². The van der Waals surface area contributed by atoms with Crippen LogP contribution in [0.15, 0.2) is 53.1 Å². The Morgan fingerprint density at radius 3 is 2.86 bits per heavy atom. The summed E-state index contributed by atoms with van der Waals surface area (Å²) in [5.41, 5.74) is 2.33. The van der Waals surface area contributed by atoms with Gasteiger partial charge in [0.05, 0.1) is 12.2 Å². The highest BCUT2D eigenvalue weighted by Crippen LogP contribution is 2.12. The Bertz CT molecular complexity index is 841. The second-order valence-corrected chi connectivity index (χ2v) is 7.86. The lowest BCUT2D eigenvalue weighted by Crippen LogP contribution is -2.40. The van der Waals surface area contributed by atoms with Crippen LogP contribution in [0.4, 0.5) is 0 Å². The lowest BCUT2D eigenvalue weighted by atomic mass is 10.1. The first kappa shape index (κ1) is 20.4. The SMILES string of the molecule is CCNC(=NCc1cn2ccsc2n1)NCCC(C)N(C)Cc1ccccc1. The van der Waals surface area contributed by atoms with Gasteiger partial charge in [0.1, 0.15) is 0 Å². The van der Waals surface area contributed by atoms with Crippen LogP contribution in [0.25, 0.3) is 4.96 Å². The molecule has 3 aromatic rings. The zero-order valence-electron chi connectivity index (χ0n) is 16.9. The summed E-state index contributed by atoms with van der Waals surface area (Å²) in [7, 11) is 2.18. The minimum absolute atomic E-state index is 0.482. The summed E-state index contributed by atoms with van der Waals surface area (Å²) < 4.78 is 2.04. The van der Waals surface area contributed by atoms with Gasteiger partial charge in [0, 0.05) is 43.4 Å². The van der Waals surface area contributed by atoms with Gasteiger partial charge in [-0.05, 0) is 32.9 Å². The van der Waals surface area contributed by atoms with Crippen molar-refractivity contribution in [2.75, 3.05) is 20.1 Å². The predicted octanol–water partition coefficient (Wildman–Crippen LogP) is 3.36. The molecule has 0 radical (unpaired) electrons. The summed E-state index contributed by atoms with van der Waals surface area (Å²) >= 11 is 1.64. The van der Waals surface area contributed by atoms with Gasteiger partial charge in [-0.25, -0.2) is 9.98 Å². The summed E-state index contributed by atoms with van der Waals surface area (Å²) in [5, 5.41) is 8.80. The van der Waals surface area contributed by atoms with E-state index in [4.69, 9.17) is 0 Å². The molecule has 1 aromatic carbocycles. The summed E-state index contributed by atoms with van der Waals surface area (Å²) in [6, 6.07) is 11.1. The van der Waals surface area contributed by atoms with Gasteiger partial charge in [-0.15, -0.1) is 11.3 Å². The zero-order valence-corrected chi connectivity index (χ0v) is 17.7. The molecule has 2 N–H and O–H groups in total. The molecule has 6 nitrogen and oxygen atoms in total. The van der Waals surface area contributed by atoms with Crippen molar-refractivity contribution in [1.82, 2.24) is 24.9 Å². The summed E-state index contributed by atoms with van der Waals surface area (Å²) in [5.74, 6) is 0.844. The molecule has 0 aliphatic rings. The van der Waals surface area contributed by atoms with Gasteiger partial charge in [-0.1, -0.05) is 30.3 Å². The van der Waals surface area contributed by atoms with E-state index in [1.807, 2.05) is 22.2 Å². The number of fused-ring (bicyclic) bond motifs is 1. The molecule has 0 amide bonds. The van der Waals surface area contributed by atoms with Crippen LogP contribution in [-0.2, 0) is 13.1 Å². The summed E-state index contributed by atoms with van der Waals surface area (Å²) in [6.45, 7) is 7.62. The smallest absolute Gasteiger partial charge is 0.193 e. The number of hydrogen-bond acceptors (Lipinski definition) is 4. The van der Waals surface area contributed by atoms with E-state index in [0.717, 1.165) is 42.7 Å². The van der Waals surface area contributed by atoms with E-state index in [1.54, 1.807) is 11.3 Å². The molecule has 7 heteroatoms. The van der Waals surface area contributed by atoms with Gasteiger partial charge in [-0.2, -0.15) is 0 Å². The molecular formula is C21H30N6S. The number of guanidine groups is 1. The molecule has 1 unspecified atom stereocenters. The van der Waals surface area contributed by atoms with E-state index in [1.165, 1.54) is 5.56 Å². The van der Waals surface area contributed by atoms with E-state index in [9.17, 15) is 0 Å². The van der Waals surface area contributed by atoms with Crippen molar-refractivity contribution in [3.05, 3.63) is 59.4 Å². The van der Waals surface area contributed by atoms with Crippen molar-refractivity contribution in [3.63, 3.8) is 0 Å². The average Bonchev–Trinajstić information content (AvgIpc) is 3.28. The maximum absolute atomic E-state index is 4.68. The van der Waals surface area contributed by atoms with Gasteiger partial charge >= 0.3 is 0 Å². The number of benzene rings is 1. The standard InChI is InChI=1S/C21H30N6S/c1-4-22-20(24-14-19-16-27-12-13-28-21(27)25-19)23-11-10-17(2)26(3)15-18-8-6-5-7-9-18/h5-9,12-13,16-17H,4,10-11,14-15H2,1-3H3,(H2,22,23,24). The van der Waals surface area contributed by atoms with Crippen molar-refractivity contribution < 1.29 is 0 Å². The second kappa shape index (κ2) is 10.2. The Morgan fingerprint density at radius 1 is 1.29 bits per heavy atom. The third-order valence-corrected chi connectivity index (χ3v) is 5.54. The van der Waals surface area contributed by atoms with Crippen LogP contribution in [0.1, 0.15) is 31.5 Å². The number of nitrogens with one attached hydrogen (secondary N) is 2. The van der Waals surface area contributed by atoms with Crippen LogP contribution < -0.4 is 10.6 Å². The molecule has 2 heterocycles. The Morgan fingerprint density at radius 2 is 2.11 bits per heavy atom. The van der Waals surface area contributed by atoms with Gasteiger partial charge < -0.3 is 10.6 Å². The van der Waals surface area contributed by atoms with E-state index in [2.05, 4.69) is 76.7 Å². The average molecular weight is 399 g/mol. The third kappa shape index (κ3) is 5.81. The van der Waals surface area contributed by atoms with E-state index in [0.29, 0.717) is 12.6 Å². The number of hydrogen-bond donors (Lipinski definition) is 2. The molecule has 28 heavy (non-hydrogen) atoms. The molecule has 0 fully saturated rings. The van der Waals surface area contributed by atoms with Crippen molar-refractivity contribution in [3.8, 4) is 0 Å². The second-order valence-electron chi connectivity index (χ2n) is 6.99. The Balaban J connectivity index is 1.46. The molecule has 0 aliphatic carbocycles. The molecule has 3 rings (SSSR count). The number of thiazole rings is 1. The number of rotatable bonds is 9. The predicted molar refractivity (Wildman–Crippen MR) is 118 cm³/mol. The summed E-state index contributed by atoms with van der Waals surface area (Å²) in [4.78, 5) is 12.7. The monoisotopic (exact) mass is 398 g/mol. The van der Waals surface area contributed by atoms with Crippen LogP contribution in [0.5, 0.6) is 0 Å². The molecular weight excluding hydrogens is 368 g/mol. The quantitative estimate of drug-likeness (QED) is 0.429. The number of imidazole rings is 1. The fraction of sp³-hybridized carbons (Fsp3) is 0.429. The maximum atomic E-state index is 4.68. The first-order valence-electron chi connectivity index (χ1n) is 9.83. The Hall–Kier alpha value is -2.38. The van der Waals surface area contributed by atoms with Crippen LogP contribution >= 0.6 is 11.3 Å². The van der Waals surface area contributed by atoms with Crippen molar-refractivity contribution in [2.45, 2.75) is 39.4 Å². The maximum Gasteiger partial charge on any atom is 0.193 e. The van der Waals surface area contributed by atoms with Gasteiger partial charge in [0.2, 0.25) is 0 Å². The van der Waals surface area contributed by atoms with E-state index >= 15 is 0 Å². The van der Waals surface area contributed by atoms with Crippen LogP contribution in [0.2, 0.25) is 0 Å². The van der Waals surface area contributed by atoms with Crippen LogP contribution in [-0.4, -0.2) is 46.4 Å². The van der Waals surface area contributed by atoms with Crippen molar-refractivity contribution in [1.29, 1.82) is 0 Å². The highest BCUT2D eigenvalue weighted by atomic mass is 32.1. The zero-order chi connectivity index (χ0) is 19.8. The van der Waals surface area contributed by atoms with Crippen LogP contribution in [0, 0.1) is 0 Å². The summed E-state index contributed by atoms with van der Waals surface area (Å²) in [6.07, 6.45) is 5.12. The molecule has 2 aromatic heterocycles. The molecule has 0 aliphatic heterocycles. The van der Waals surface area contributed by atoms with E-state index in [-0.39, 0.29) is 0 Å². The molecule has 150 valence electrons. The largest absolute Gasteiger partial charge is 0.357 e. The number of aliphatic imine (C=N–C) groups is 1. The lowest BCUT2D eigenvalue weighted by Gasteiger charge is -2.25. The van der Waals surface area contributed by atoms with Gasteiger partial charge in [0.25, 0.3) is 0 Å². The Labute approximate surface area is 171 Å². The highest BCUT2D eigenvalue weighted by molar-refractivity contribution is 7.15. The number of aromatic nitrogens is 2. The topological polar surface area (TPSA) is 57.0 Å². The number of nitrogens with zero attached hydrogens (tertiary/aromatic N) is 4. The fourth-order valence-corrected chi connectivity index (χ4v) is 3.72. The molecule has 0 spiro atoms. The minimum Gasteiger partial charge on any atom is -0.357 e. The fourth-order valence-electron chi connectivity index (χ4n) is 3.00. The molecule has 1 atom stereocenters. The Kier molecular flexibility index (Phi) is 7.45. The lowest BCUT2D eigenvalue weighted by molar-refractivity contribution is 0.238. The van der Waals surface area contributed by atoms with Crippen molar-refractivity contribution in [2.24, 2.45) is 4.99 Å². The van der Waals surface area contributed by atoms with Crippen LogP contribution in [0.3, 0.4) is 0 Å². The first-order chi connectivity index (χ1) is 13.7. The van der Waals surface area contributed by atoms with Crippen molar-refractivity contribution >= 4 is 22.3 Å². The minimum atomic E-state index is 0.482. The van der Waals surface area contributed by atoms with Gasteiger partial charge in [0.15, 0.2) is 10.9 Å². The molecule has 0 saturated carbocycles. The molecule has 0 bridgehead atoms. The molecule has 0 saturated heterocycles. The third-order valence-electron chi connectivity index (χ3n) is 4.77.